The van der Waals surface area contributed by atoms with Crippen molar-refractivity contribution < 1.29 is 9.18 Å². The standard InChI is InChI=1S/C26H27FN6O/c1-17-3-5-19(6-4-17)18(2)30-26(34)33-13-11-32(12-14-33)25-22-15-23(31-24(22)28-16-29-25)20-7-9-21(27)10-8-20/h3-10,15-16,18H,11-14H2,1-2H3,(H,30,34)(H,28,29,31)/t18-/m0/s1. The normalized spacial score (nSPS) is 14.9. The van der Waals surface area contributed by atoms with Crippen LogP contribution in [-0.4, -0.2) is 52.1 Å². The molecule has 2 amide bonds. The number of nitrogens with zero attached hydrogens (tertiary/aromatic N) is 4. The average Bonchev–Trinajstić information content (AvgIpc) is 3.29. The van der Waals surface area contributed by atoms with Crippen LogP contribution in [0.25, 0.3) is 22.3 Å². The van der Waals surface area contributed by atoms with E-state index in [1.54, 1.807) is 18.5 Å². The number of rotatable bonds is 4. The van der Waals surface area contributed by atoms with Crippen LogP contribution >= 0.6 is 0 Å². The highest BCUT2D eigenvalue weighted by Crippen LogP contribution is 2.29. The summed E-state index contributed by atoms with van der Waals surface area (Å²) in [5.74, 6) is 0.568. The molecule has 1 saturated heterocycles. The minimum absolute atomic E-state index is 0.0548. The third-order valence-electron chi connectivity index (χ3n) is 6.34. The lowest BCUT2D eigenvalue weighted by Crippen LogP contribution is -2.52. The highest BCUT2D eigenvalue weighted by Gasteiger charge is 2.24. The maximum Gasteiger partial charge on any atom is 0.317 e. The van der Waals surface area contributed by atoms with Gasteiger partial charge in [0.1, 0.15) is 23.6 Å². The van der Waals surface area contributed by atoms with Crippen molar-refractivity contribution in [2.75, 3.05) is 31.1 Å². The van der Waals surface area contributed by atoms with Crippen molar-refractivity contribution in [2.45, 2.75) is 19.9 Å². The highest BCUT2D eigenvalue weighted by atomic mass is 19.1. The van der Waals surface area contributed by atoms with E-state index in [9.17, 15) is 9.18 Å². The smallest absolute Gasteiger partial charge is 0.317 e. The van der Waals surface area contributed by atoms with Gasteiger partial charge in [0, 0.05) is 31.9 Å². The van der Waals surface area contributed by atoms with Gasteiger partial charge in [0.15, 0.2) is 0 Å². The van der Waals surface area contributed by atoms with Gasteiger partial charge in [-0.25, -0.2) is 19.2 Å². The van der Waals surface area contributed by atoms with Crippen LogP contribution in [0.1, 0.15) is 24.1 Å². The van der Waals surface area contributed by atoms with Crippen molar-refractivity contribution in [1.82, 2.24) is 25.2 Å². The number of piperazine rings is 1. The summed E-state index contributed by atoms with van der Waals surface area (Å²) in [6.07, 6.45) is 1.55. The molecule has 2 aromatic carbocycles. The Morgan fingerprint density at radius 1 is 1.03 bits per heavy atom. The number of hydrogen-bond donors (Lipinski definition) is 2. The van der Waals surface area contributed by atoms with Gasteiger partial charge >= 0.3 is 6.03 Å². The molecule has 2 aromatic heterocycles. The SMILES string of the molecule is Cc1ccc([C@H](C)NC(=O)N2CCN(c3ncnc4[nH]c(-c5ccc(F)cc5)cc34)CC2)cc1. The molecule has 1 aliphatic rings. The van der Waals surface area contributed by atoms with Gasteiger partial charge in [0.2, 0.25) is 0 Å². The van der Waals surface area contributed by atoms with E-state index in [2.05, 4.69) is 56.4 Å². The number of aryl methyl sites for hydroxylation is 1. The molecule has 0 unspecified atom stereocenters. The summed E-state index contributed by atoms with van der Waals surface area (Å²) in [6, 6.07) is 16.5. The summed E-state index contributed by atoms with van der Waals surface area (Å²) in [7, 11) is 0. The molecule has 4 aromatic rings. The fraction of sp³-hybridized carbons (Fsp3) is 0.269. The van der Waals surface area contributed by atoms with Crippen molar-refractivity contribution >= 4 is 22.9 Å². The van der Waals surface area contributed by atoms with Gasteiger partial charge in [0.25, 0.3) is 0 Å². The number of urea groups is 1. The van der Waals surface area contributed by atoms with Crippen LogP contribution in [0.2, 0.25) is 0 Å². The number of halogens is 1. The van der Waals surface area contributed by atoms with E-state index in [0.717, 1.165) is 33.7 Å². The molecule has 1 fully saturated rings. The lowest BCUT2D eigenvalue weighted by Gasteiger charge is -2.36. The number of anilines is 1. The largest absolute Gasteiger partial charge is 0.352 e. The number of carbonyl (C=O) groups is 1. The van der Waals surface area contributed by atoms with Crippen LogP contribution in [0, 0.1) is 12.7 Å². The van der Waals surface area contributed by atoms with E-state index in [0.29, 0.717) is 26.2 Å². The maximum atomic E-state index is 13.3. The van der Waals surface area contributed by atoms with Gasteiger partial charge in [-0.1, -0.05) is 29.8 Å². The van der Waals surface area contributed by atoms with Gasteiger partial charge in [-0.15, -0.1) is 0 Å². The van der Waals surface area contributed by atoms with Gasteiger partial charge in [0.05, 0.1) is 11.4 Å². The van der Waals surface area contributed by atoms with E-state index < -0.39 is 0 Å². The van der Waals surface area contributed by atoms with E-state index in [1.807, 2.05) is 17.9 Å². The molecule has 8 heteroatoms. The number of fused-ring (bicyclic) bond motifs is 1. The first-order chi connectivity index (χ1) is 16.5. The number of aromatic amines is 1. The third-order valence-corrected chi connectivity index (χ3v) is 6.34. The Kier molecular flexibility index (Phi) is 5.88. The number of H-pyrrole nitrogens is 1. The van der Waals surface area contributed by atoms with Crippen molar-refractivity contribution in [2.24, 2.45) is 0 Å². The van der Waals surface area contributed by atoms with Crippen LogP contribution in [0.15, 0.2) is 60.9 Å². The summed E-state index contributed by atoms with van der Waals surface area (Å²) in [6.45, 7) is 6.61. The molecular weight excluding hydrogens is 431 g/mol. The zero-order chi connectivity index (χ0) is 23.7. The highest BCUT2D eigenvalue weighted by molar-refractivity contribution is 5.92. The quantitative estimate of drug-likeness (QED) is 0.466. The molecule has 5 rings (SSSR count). The molecule has 0 aliphatic carbocycles. The predicted molar refractivity (Wildman–Crippen MR) is 131 cm³/mol. The fourth-order valence-electron chi connectivity index (χ4n) is 4.30. The number of carbonyl (C=O) groups excluding carboxylic acids is 1. The summed E-state index contributed by atoms with van der Waals surface area (Å²) < 4.78 is 13.3. The first kappa shape index (κ1) is 21.9. The fourth-order valence-corrected chi connectivity index (χ4v) is 4.30. The van der Waals surface area contributed by atoms with Crippen LogP contribution in [0.4, 0.5) is 15.0 Å². The number of benzene rings is 2. The van der Waals surface area contributed by atoms with Crippen LogP contribution < -0.4 is 10.2 Å². The molecule has 34 heavy (non-hydrogen) atoms. The van der Waals surface area contributed by atoms with Gasteiger partial charge in [-0.05, 0) is 55.3 Å². The second-order valence-corrected chi connectivity index (χ2v) is 8.71. The summed E-state index contributed by atoms with van der Waals surface area (Å²) >= 11 is 0. The summed E-state index contributed by atoms with van der Waals surface area (Å²) in [5, 5.41) is 4.02. The average molecular weight is 459 g/mol. The minimum Gasteiger partial charge on any atom is -0.352 e. The molecule has 0 spiro atoms. The van der Waals surface area contributed by atoms with Crippen LogP contribution in [-0.2, 0) is 0 Å². The molecule has 0 radical (unpaired) electrons. The second kappa shape index (κ2) is 9.13. The molecule has 1 atom stereocenters. The van der Waals surface area contributed by atoms with E-state index in [1.165, 1.54) is 17.7 Å². The summed E-state index contributed by atoms with van der Waals surface area (Å²) in [5.41, 5.74) is 4.76. The van der Waals surface area contributed by atoms with E-state index in [4.69, 9.17) is 0 Å². The monoisotopic (exact) mass is 458 g/mol. The Morgan fingerprint density at radius 2 is 1.74 bits per heavy atom. The molecule has 174 valence electrons. The molecule has 7 nitrogen and oxygen atoms in total. The minimum atomic E-state index is -0.268. The Bertz CT molecular complexity index is 1290. The molecule has 3 heterocycles. The first-order valence-corrected chi connectivity index (χ1v) is 11.4. The molecule has 0 bridgehead atoms. The third kappa shape index (κ3) is 4.44. The topological polar surface area (TPSA) is 77.2 Å². The van der Waals surface area contributed by atoms with Crippen molar-refractivity contribution in [3.63, 3.8) is 0 Å². The van der Waals surface area contributed by atoms with Gasteiger partial charge in [-0.3, -0.25) is 0 Å². The number of hydrogen-bond acceptors (Lipinski definition) is 4. The number of nitrogens with one attached hydrogen (secondary N) is 2. The Hall–Kier alpha value is -3.94. The Balaban J connectivity index is 1.26. The molecule has 2 N–H and O–H groups in total. The zero-order valence-corrected chi connectivity index (χ0v) is 19.3. The lowest BCUT2D eigenvalue weighted by molar-refractivity contribution is 0.191. The van der Waals surface area contributed by atoms with Crippen molar-refractivity contribution in [3.8, 4) is 11.3 Å². The number of aromatic nitrogens is 3. The van der Waals surface area contributed by atoms with Crippen LogP contribution in [0.3, 0.4) is 0 Å². The molecule has 0 saturated carbocycles. The molecule has 1 aliphatic heterocycles. The predicted octanol–water partition coefficient (Wildman–Crippen LogP) is 4.67. The van der Waals surface area contributed by atoms with Gasteiger partial charge in [-0.2, -0.15) is 0 Å². The summed E-state index contributed by atoms with van der Waals surface area (Å²) in [4.78, 5) is 29.1. The molecular formula is C26H27FN6O. The van der Waals surface area contributed by atoms with E-state index in [-0.39, 0.29) is 17.9 Å². The second-order valence-electron chi connectivity index (χ2n) is 8.71. The number of amides is 2. The van der Waals surface area contributed by atoms with Crippen LogP contribution in [0.5, 0.6) is 0 Å². The zero-order valence-electron chi connectivity index (χ0n) is 19.3. The van der Waals surface area contributed by atoms with Crippen molar-refractivity contribution in [3.05, 3.63) is 77.9 Å². The Labute approximate surface area is 197 Å². The van der Waals surface area contributed by atoms with Crippen molar-refractivity contribution in [1.29, 1.82) is 0 Å². The maximum absolute atomic E-state index is 13.3. The van der Waals surface area contributed by atoms with Gasteiger partial charge < -0.3 is 20.1 Å². The Morgan fingerprint density at radius 3 is 2.44 bits per heavy atom. The first-order valence-electron chi connectivity index (χ1n) is 11.4. The van der Waals surface area contributed by atoms with E-state index >= 15 is 0 Å². The lowest BCUT2D eigenvalue weighted by atomic mass is 10.1.